The van der Waals surface area contributed by atoms with E-state index >= 15 is 0 Å². The molecule has 0 spiro atoms. The lowest BCUT2D eigenvalue weighted by Crippen LogP contribution is -2.57. The highest BCUT2D eigenvalue weighted by Gasteiger charge is 2.50. The first-order chi connectivity index (χ1) is 11.6. The van der Waals surface area contributed by atoms with Crippen molar-refractivity contribution in [3.05, 3.63) is 29.8 Å². The molecule has 0 aromatic heterocycles. The van der Waals surface area contributed by atoms with Crippen LogP contribution < -0.4 is 0 Å². The zero-order valence-corrected chi connectivity index (χ0v) is 12.9. The Bertz CT molecular complexity index is 699. The van der Waals surface area contributed by atoms with Crippen molar-refractivity contribution in [2.24, 2.45) is 0 Å². The highest BCUT2D eigenvalue weighted by Crippen LogP contribution is 2.31. The Hall–Kier alpha value is -2.62. The molecular weight excluding hydrogens is 336 g/mol. The third-order valence-corrected chi connectivity index (χ3v) is 3.94. The van der Waals surface area contributed by atoms with Gasteiger partial charge in [0.1, 0.15) is 12.2 Å². The molecule has 1 unspecified atom stereocenters. The molecule has 136 valence electrons. The van der Waals surface area contributed by atoms with Gasteiger partial charge in [0.2, 0.25) is 0 Å². The van der Waals surface area contributed by atoms with E-state index in [0.29, 0.717) is 5.56 Å². The van der Waals surface area contributed by atoms with E-state index in [9.17, 15) is 35.1 Å². The van der Waals surface area contributed by atoms with Gasteiger partial charge in [-0.05, 0) is 23.8 Å². The number of aromatic hydroxyl groups is 2. The quantitative estimate of drug-likeness (QED) is 0.234. The number of carbonyl (C=O) groups is 2. The number of hydrogen-bond acceptors (Lipinski definition) is 8. The van der Waals surface area contributed by atoms with Crippen molar-refractivity contribution < 1.29 is 45.0 Å². The summed E-state index contributed by atoms with van der Waals surface area (Å²) in [5, 5.41) is 57.0. The zero-order chi connectivity index (χ0) is 18.8. The summed E-state index contributed by atoms with van der Waals surface area (Å²) in [6.07, 6.45) is -3.44. The van der Waals surface area contributed by atoms with Crippen LogP contribution in [0.4, 0.5) is 0 Å². The number of aliphatic carboxylic acids is 1. The number of rotatable bonds is 4. The lowest BCUT2D eigenvalue weighted by Gasteiger charge is -2.39. The van der Waals surface area contributed by atoms with Gasteiger partial charge in [-0.15, -0.1) is 0 Å². The summed E-state index contributed by atoms with van der Waals surface area (Å²) in [6, 6.07) is 3.83. The van der Waals surface area contributed by atoms with Crippen LogP contribution in [-0.2, 0) is 14.3 Å². The maximum atomic E-state index is 11.8. The Morgan fingerprint density at radius 2 is 1.84 bits per heavy atom. The number of benzene rings is 1. The SMILES string of the molecule is O=C(C=Cc1ccc(O)c(O)c1)OC1C[C@](O)(C(=O)O)C[C@@H](O)[C@H]1O. The Morgan fingerprint density at radius 3 is 2.44 bits per heavy atom. The number of phenols is 2. The van der Waals surface area contributed by atoms with Crippen LogP contribution >= 0.6 is 0 Å². The van der Waals surface area contributed by atoms with Crippen LogP contribution in [0.25, 0.3) is 6.08 Å². The van der Waals surface area contributed by atoms with Crippen molar-refractivity contribution in [2.75, 3.05) is 0 Å². The first kappa shape index (κ1) is 18.7. The second-order valence-electron chi connectivity index (χ2n) is 5.86. The summed E-state index contributed by atoms with van der Waals surface area (Å²) in [5.74, 6) is -3.24. The number of esters is 1. The second-order valence-corrected chi connectivity index (χ2v) is 5.86. The molecule has 1 fully saturated rings. The van der Waals surface area contributed by atoms with Crippen LogP contribution in [0.15, 0.2) is 24.3 Å². The summed E-state index contributed by atoms with van der Waals surface area (Å²) < 4.78 is 4.92. The molecule has 1 saturated carbocycles. The maximum Gasteiger partial charge on any atom is 0.335 e. The number of ether oxygens (including phenoxy) is 1. The molecule has 0 saturated heterocycles. The molecule has 2 rings (SSSR count). The molecule has 0 aliphatic heterocycles. The van der Waals surface area contributed by atoms with E-state index in [1.807, 2.05) is 0 Å². The first-order valence-corrected chi connectivity index (χ1v) is 7.35. The van der Waals surface area contributed by atoms with Crippen molar-refractivity contribution in [2.45, 2.75) is 36.8 Å². The fourth-order valence-corrected chi connectivity index (χ4v) is 2.53. The van der Waals surface area contributed by atoms with Crippen molar-refractivity contribution in [3.8, 4) is 11.5 Å². The number of phenolic OH excluding ortho intramolecular Hbond substituents is 2. The van der Waals surface area contributed by atoms with Crippen LogP contribution in [0.3, 0.4) is 0 Å². The molecule has 0 amide bonds. The number of carbonyl (C=O) groups excluding carboxylic acids is 1. The molecule has 4 atom stereocenters. The number of hydrogen-bond donors (Lipinski definition) is 6. The van der Waals surface area contributed by atoms with Gasteiger partial charge in [-0.2, -0.15) is 0 Å². The minimum atomic E-state index is -2.31. The zero-order valence-electron chi connectivity index (χ0n) is 12.9. The Kier molecular flexibility index (Phi) is 5.31. The van der Waals surface area contributed by atoms with Crippen molar-refractivity contribution >= 4 is 18.0 Å². The minimum absolute atomic E-state index is 0.327. The average molecular weight is 354 g/mol. The number of carboxylic acids is 1. The Labute approximate surface area is 142 Å². The van der Waals surface area contributed by atoms with Crippen LogP contribution in [0, 0.1) is 0 Å². The monoisotopic (exact) mass is 354 g/mol. The lowest BCUT2D eigenvalue weighted by atomic mass is 9.79. The van der Waals surface area contributed by atoms with Crippen molar-refractivity contribution in [3.63, 3.8) is 0 Å². The molecule has 1 aromatic carbocycles. The molecule has 1 aromatic rings. The lowest BCUT2D eigenvalue weighted by molar-refractivity contribution is -0.196. The average Bonchev–Trinajstić information content (AvgIpc) is 2.53. The highest BCUT2D eigenvalue weighted by atomic mass is 16.6. The molecule has 1 aliphatic rings. The fourth-order valence-electron chi connectivity index (χ4n) is 2.53. The Morgan fingerprint density at radius 1 is 1.16 bits per heavy atom. The molecule has 6 N–H and O–H groups in total. The highest BCUT2D eigenvalue weighted by molar-refractivity contribution is 5.87. The number of carboxylic acid groups (broad SMARTS) is 1. The van der Waals surface area contributed by atoms with E-state index in [2.05, 4.69) is 0 Å². The molecule has 9 heteroatoms. The number of aliphatic hydroxyl groups is 3. The van der Waals surface area contributed by atoms with E-state index in [0.717, 1.165) is 6.08 Å². The third-order valence-electron chi connectivity index (χ3n) is 3.94. The summed E-state index contributed by atoms with van der Waals surface area (Å²) in [6.45, 7) is 0. The normalized spacial score (nSPS) is 29.5. The van der Waals surface area contributed by atoms with Gasteiger partial charge in [-0.1, -0.05) is 6.07 Å². The van der Waals surface area contributed by atoms with E-state index in [-0.39, 0.29) is 11.5 Å². The van der Waals surface area contributed by atoms with Gasteiger partial charge < -0.3 is 35.4 Å². The smallest absolute Gasteiger partial charge is 0.335 e. The molecule has 0 bridgehead atoms. The largest absolute Gasteiger partial charge is 0.504 e. The van der Waals surface area contributed by atoms with Crippen LogP contribution in [0.2, 0.25) is 0 Å². The topological polar surface area (TPSA) is 165 Å². The van der Waals surface area contributed by atoms with Gasteiger partial charge >= 0.3 is 11.9 Å². The van der Waals surface area contributed by atoms with Crippen molar-refractivity contribution in [1.82, 2.24) is 0 Å². The molecule has 0 radical (unpaired) electrons. The van der Waals surface area contributed by atoms with Gasteiger partial charge in [0.05, 0.1) is 6.10 Å². The van der Waals surface area contributed by atoms with Crippen LogP contribution in [0.1, 0.15) is 18.4 Å². The summed E-state index contributed by atoms with van der Waals surface area (Å²) >= 11 is 0. The molecule has 9 nitrogen and oxygen atoms in total. The molecule has 0 heterocycles. The van der Waals surface area contributed by atoms with E-state index in [1.165, 1.54) is 24.3 Å². The van der Waals surface area contributed by atoms with Gasteiger partial charge in [-0.3, -0.25) is 0 Å². The van der Waals surface area contributed by atoms with Crippen LogP contribution in [-0.4, -0.2) is 66.5 Å². The third kappa shape index (κ3) is 4.27. The molecule has 1 aliphatic carbocycles. The summed E-state index contributed by atoms with van der Waals surface area (Å²) in [5.41, 5.74) is -1.94. The first-order valence-electron chi connectivity index (χ1n) is 7.35. The molecular formula is C16H18O9. The van der Waals surface area contributed by atoms with E-state index < -0.39 is 48.7 Å². The van der Waals surface area contributed by atoms with Gasteiger partial charge in [0, 0.05) is 18.9 Å². The number of aliphatic hydroxyl groups excluding tert-OH is 2. The fraction of sp³-hybridized carbons (Fsp3) is 0.375. The minimum Gasteiger partial charge on any atom is -0.504 e. The van der Waals surface area contributed by atoms with Crippen LogP contribution in [0.5, 0.6) is 11.5 Å². The maximum absolute atomic E-state index is 11.8. The Balaban J connectivity index is 2.06. The van der Waals surface area contributed by atoms with Gasteiger partial charge in [-0.25, -0.2) is 9.59 Å². The van der Waals surface area contributed by atoms with E-state index in [1.54, 1.807) is 0 Å². The van der Waals surface area contributed by atoms with Gasteiger partial charge in [0.15, 0.2) is 17.1 Å². The summed E-state index contributed by atoms with van der Waals surface area (Å²) in [4.78, 5) is 22.9. The molecule has 25 heavy (non-hydrogen) atoms. The predicted octanol–water partition coefficient (Wildman–Crippen LogP) is -0.646. The second kappa shape index (κ2) is 7.09. The predicted molar refractivity (Wildman–Crippen MR) is 82.5 cm³/mol. The van der Waals surface area contributed by atoms with E-state index in [4.69, 9.17) is 9.84 Å². The summed E-state index contributed by atoms with van der Waals surface area (Å²) in [7, 11) is 0. The van der Waals surface area contributed by atoms with Gasteiger partial charge in [0.25, 0.3) is 0 Å². The standard InChI is InChI=1S/C16H18O9/c17-9-3-1-8(5-10(9)18)2-4-13(20)25-12-7-16(24,15(22)23)6-11(19)14(12)21/h1-5,11-12,14,17-19,21,24H,6-7H2,(H,22,23)/t11-,12?,14-,16+/m1/s1. The van der Waals surface area contributed by atoms with Crippen molar-refractivity contribution in [1.29, 1.82) is 0 Å².